The Morgan fingerprint density at radius 1 is 1.00 bits per heavy atom. The summed E-state index contributed by atoms with van der Waals surface area (Å²) in [5, 5.41) is 0. The molecule has 0 heterocycles. The first-order chi connectivity index (χ1) is 7.12. The molecule has 16 heavy (non-hydrogen) atoms. The number of benzene rings is 1. The monoisotopic (exact) mass is 238 g/mol. The van der Waals surface area contributed by atoms with E-state index in [0.717, 1.165) is 0 Å². The van der Waals surface area contributed by atoms with Gasteiger partial charge in [-0.2, -0.15) is 0 Å². The zero-order valence-electron chi connectivity index (χ0n) is 10.6. The summed E-state index contributed by atoms with van der Waals surface area (Å²) in [6.07, 6.45) is 0. The van der Waals surface area contributed by atoms with Gasteiger partial charge in [-0.15, -0.1) is 11.6 Å². The van der Waals surface area contributed by atoms with Gasteiger partial charge in [-0.25, -0.2) is 0 Å². The van der Waals surface area contributed by atoms with Crippen LogP contribution in [0.2, 0.25) is 0 Å². The molecule has 0 spiro atoms. The first kappa shape index (κ1) is 13.2. The molecule has 0 saturated heterocycles. The molecule has 0 unspecified atom stereocenters. The third kappa shape index (κ3) is 3.08. The minimum atomic E-state index is -0.830. The molecule has 88 valence electrons. The average molecular weight is 239 g/mol. The highest BCUT2D eigenvalue weighted by Gasteiger charge is 2.25. The van der Waals surface area contributed by atoms with Gasteiger partial charge < -0.3 is 0 Å². The van der Waals surface area contributed by atoms with Crippen LogP contribution < -0.4 is 0 Å². The van der Waals surface area contributed by atoms with Gasteiger partial charge in [0, 0.05) is 5.56 Å². The Morgan fingerprint density at radius 3 is 1.75 bits per heavy atom. The van der Waals surface area contributed by atoms with Crippen molar-refractivity contribution in [3.05, 3.63) is 35.4 Å². The Hall–Kier alpha value is -0.820. The van der Waals surface area contributed by atoms with E-state index in [1.807, 2.05) is 24.3 Å². The maximum atomic E-state index is 11.9. The number of hydrogen-bond donors (Lipinski definition) is 0. The lowest BCUT2D eigenvalue weighted by Gasteiger charge is -2.20. The number of rotatable bonds is 2. The third-order valence-corrected chi connectivity index (χ3v) is 2.72. The van der Waals surface area contributed by atoms with Crippen LogP contribution >= 0.6 is 11.6 Å². The van der Waals surface area contributed by atoms with Crippen molar-refractivity contribution in [3.8, 4) is 0 Å². The lowest BCUT2D eigenvalue weighted by atomic mass is 9.86. The van der Waals surface area contributed by atoms with Gasteiger partial charge in [0.2, 0.25) is 0 Å². The van der Waals surface area contributed by atoms with Gasteiger partial charge in [-0.3, -0.25) is 4.79 Å². The zero-order valence-corrected chi connectivity index (χ0v) is 11.4. The van der Waals surface area contributed by atoms with Crippen LogP contribution in [0.4, 0.5) is 0 Å². The first-order valence-electron chi connectivity index (χ1n) is 5.46. The highest BCUT2D eigenvalue weighted by atomic mass is 35.5. The van der Waals surface area contributed by atoms with E-state index in [2.05, 4.69) is 20.8 Å². The normalized spacial score (nSPS) is 12.6. The Kier molecular flexibility index (Phi) is 3.49. The highest BCUT2D eigenvalue weighted by Crippen LogP contribution is 2.24. The third-order valence-electron chi connectivity index (χ3n) is 2.55. The van der Waals surface area contributed by atoms with Gasteiger partial charge in [0.25, 0.3) is 0 Å². The van der Waals surface area contributed by atoms with Crippen molar-refractivity contribution >= 4 is 17.4 Å². The maximum absolute atomic E-state index is 11.9. The van der Waals surface area contributed by atoms with E-state index in [1.165, 1.54) is 5.56 Å². The molecule has 0 N–H and O–H groups in total. The lowest BCUT2D eigenvalue weighted by molar-refractivity contribution is 0.0954. The van der Waals surface area contributed by atoms with Gasteiger partial charge in [0.1, 0.15) is 4.87 Å². The molecular formula is C14H19ClO. The fourth-order valence-corrected chi connectivity index (χ4v) is 1.57. The molecule has 2 heteroatoms. The summed E-state index contributed by atoms with van der Waals surface area (Å²) in [7, 11) is 0. The molecule has 0 saturated carbocycles. The van der Waals surface area contributed by atoms with E-state index < -0.39 is 4.87 Å². The summed E-state index contributed by atoms with van der Waals surface area (Å²) in [4.78, 5) is 11.1. The van der Waals surface area contributed by atoms with Crippen LogP contribution in [0.15, 0.2) is 24.3 Å². The van der Waals surface area contributed by atoms with Crippen molar-refractivity contribution in [1.82, 2.24) is 0 Å². The minimum absolute atomic E-state index is 0.0328. The van der Waals surface area contributed by atoms with Crippen molar-refractivity contribution in [3.63, 3.8) is 0 Å². The van der Waals surface area contributed by atoms with Crippen LogP contribution in [0.1, 0.15) is 50.5 Å². The van der Waals surface area contributed by atoms with E-state index in [0.29, 0.717) is 5.56 Å². The summed E-state index contributed by atoms with van der Waals surface area (Å²) < 4.78 is 0. The summed E-state index contributed by atoms with van der Waals surface area (Å²) in [5.74, 6) is -0.0328. The predicted octanol–water partition coefficient (Wildman–Crippen LogP) is 4.18. The number of carbonyl (C=O) groups excluding carboxylic acids is 1. The van der Waals surface area contributed by atoms with Gasteiger partial charge in [-0.05, 0) is 24.8 Å². The summed E-state index contributed by atoms with van der Waals surface area (Å²) >= 11 is 6.00. The van der Waals surface area contributed by atoms with Gasteiger partial charge in [0.05, 0.1) is 0 Å². The topological polar surface area (TPSA) is 17.1 Å². The largest absolute Gasteiger partial charge is 0.292 e. The summed E-state index contributed by atoms with van der Waals surface area (Å²) in [6, 6.07) is 7.70. The van der Waals surface area contributed by atoms with E-state index in [1.54, 1.807) is 13.8 Å². The van der Waals surface area contributed by atoms with Crippen molar-refractivity contribution in [2.45, 2.75) is 44.9 Å². The molecule has 1 aromatic rings. The molecule has 0 aromatic heterocycles. The number of halogens is 1. The van der Waals surface area contributed by atoms with E-state index in [9.17, 15) is 4.79 Å². The molecule has 0 atom stereocenters. The lowest BCUT2D eigenvalue weighted by Crippen LogP contribution is -2.24. The van der Waals surface area contributed by atoms with Crippen LogP contribution in [0.25, 0.3) is 0 Å². The molecule has 0 amide bonds. The molecule has 0 fully saturated rings. The van der Waals surface area contributed by atoms with Crippen molar-refractivity contribution in [2.24, 2.45) is 0 Å². The van der Waals surface area contributed by atoms with Crippen LogP contribution in [0, 0.1) is 0 Å². The number of alkyl halides is 1. The molecule has 0 aliphatic rings. The van der Waals surface area contributed by atoms with Gasteiger partial charge >= 0.3 is 0 Å². The Balaban J connectivity index is 3.01. The van der Waals surface area contributed by atoms with Gasteiger partial charge in [-0.1, -0.05) is 45.0 Å². The number of ketones is 1. The molecule has 0 aliphatic heterocycles. The Labute approximate surface area is 103 Å². The van der Waals surface area contributed by atoms with E-state index in [4.69, 9.17) is 11.6 Å². The van der Waals surface area contributed by atoms with Crippen molar-refractivity contribution < 1.29 is 4.79 Å². The molecule has 1 aromatic carbocycles. The van der Waals surface area contributed by atoms with Gasteiger partial charge in [0.15, 0.2) is 5.78 Å². The quantitative estimate of drug-likeness (QED) is 0.558. The molecule has 0 radical (unpaired) electrons. The standard InChI is InChI=1S/C14H19ClO/c1-13(2,3)11-8-6-10(7-9-11)12(16)14(4,5)15/h6-9H,1-5H3. The predicted molar refractivity (Wildman–Crippen MR) is 69.4 cm³/mol. The summed E-state index contributed by atoms with van der Waals surface area (Å²) in [6.45, 7) is 9.88. The average Bonchev–Trinajstić information content (AvgIpc) is 2.14. The molecule has 1 nitrogen and oxygen atoms in total. The van der Waals surface area contributed by atoms with E-state index in [-0.39, 0.29) is 11.2 Å². The first-order valence-corrected chi connectivity index (χ1v) is 5.84. The number of carbonyl (C=O) groups is 1. The number of Topliss-reactive ketones (excluding diaryl/α,β-unsaturated/α-hetero) is 1. The fourth-order valence-electron chi connectivity index (χ4n) is 1.46. The van der Waals surface area contributed by atoms with Crippen molar-refractivity contribution in [2.75, 3.05) is 0 Å². The van der Waals surface area contributed by atoms with Crippen LogP contribution in [-0.2, 0) is 5.41 Å². The zero-order chi connectivity index (χ0) is 12.6. The smallest absolute Gasteiger partial charge is 0.183 e. The second-order valence-electron chi connectivity index (χ2n) is 5.63. The fraction of sp³-hybridized carbons (Fsp3) is 0.500. The summed E-state index contributed by atoms with van der Waals surface area (Å²) in [5.41, 5.74) is 2.00. The number of hydrogen-bond acceptors (Lipinski definition) is 1. The molecule has 0 bridgehead atoms. The second-order valence-corrected chi connectivity index (χ2v) is 6.57. The maximum Gasteiger partial charge on any atom is 0.183 e. The minimum Gasteiger partial charge on any atom is -0.292 e. The second kappa shape index (κ2) is 4.21. The molecule has 0 aliphatic carbocycles. The Morgan fingerprint density at radius 2 is 1.44 bits per heavy atom. The van der Waals surface area contributed by atoms with Crippen LogP contribution in [0.5, 0.6) is 0 Å². The SMILES string of the molecule is CC(C)(Cl)C(=O)c1ccc(C(C)(C)C)cc1. The van der Waals surface area contributed by atoms with Crippen LogP contribution in [-0.4, -0.2) is 10.7 Å². The molecular weight excluding hydrogens is 220 g/mol. The molecule has 1 rings (SSSR count). The van der Waals surface area contributed by atoms with E-state index >= 15 is 0 Å². The Bertz CT molecular complexity index is 377. The van der Waals surface area contributed by atoms with Crippen LogP contribution in [0.3, 0.4) is 0 Å². The highest BCUT2D eigenvalue weighted by molar-refractivity contribution is 6.37. The van der Waals surface area contributed by atoms with Crippen molar-refractivity contribution in [1.29, 1.82) is 0 Å².